The van der Waals surface area contributed by atoms with Gasteiger partial charge in [-0.3, -0.25) is 9.38 Å². The summed E-state index contributed by atoms with van der Waals surface area (Å²) in [6.45, 7) is 6.67. The second kappa shape index (κ2) is 8.16. The molecule has 0 saturated carbocycles. The molecule has 5 rings (SSSR count). The molecule has 4 heterocycles. The lowest BCUT2D eigenvalue weighted by Crippen LogP contribution is -2.14. The molecule has 33 heavy (non-hydrogen) atoms. The van der Waals surface area contributed by atoms with Crippen LogP contribution in [-0.2, 0) is 6.54 Å². The SMILES string of the molecule is Cc1nnc2c(NC(C)C)nc(-c3nc4ccc(N(C)C)cc4n3Cc3ccccn3)cn12. The number of hydrogen-bond donors (Lipinski definition) is 1. The number of pyridine rings is 1. The van der Waals surface area contributed by atoms with Gasteiger partial charge in [0, 0.05) is 38.2 Å². The van der Waals surface area contributed by atoms with Crippen molar-refractivity contribution in [1.82, 2.24) is 34.1 Å². The predicted molar refractivity (Wildman–Crippen MR) is 131 cm³/mol. The minimum absolute atomic E-state index is 0.198. The Morgan fingerprint density at radius 2 is 1.91 bits per heavy atom. The number of aryl methyl sites for hydroxylation is 1. The van der Waals surface area contributed by atoms with Crippen molar-refractivity contribution in [3.05, 3.63) is 60.3 Å². The second-order valence-corrected chi connectivity index (χ2v) is 8.62. The molecule has 1 N–H and O–H groups in total. The van der Waals surface area contributed by atoms with Crippen LogP contribution in [0.4, 0.5) is 11.5 Å². The van der Waals surface area contributed by atoms with Crippen molar-refractivity contribution in [2.24, 2.45) is 0 Å². The zero-order valence-corrected chi connectivity index (χ0v) is 19.5. The molecule has 0 aliphatic rings. The van der Waals surface area contributed by atoms with Crippen LogP contribution in [0.15, 0.2) is 48.8 Å². The van der Waals surface area contributed by atoms with Crippen LogP contribution in [0.25, 0.3) is 28.2 Å². The summed E-state index contributed by atoms with van der Waals surface area (Å²) >= 11 is 0. The molecule has 4 aromatic heterocycles. The van der Waals surface area contributed by atoms with Gasteiger partial charge in [0.05, 0.1) is 23.3 Å². The highest BCUT2D eigenvalue weighted by Crippen LogP contribution is 2.29. The van der Waals surface area contributed by atoms with E-state index >= 15 is 0 Å². The Morgan fingerprint density at radius 3 is 2.64 bits per heavy atom. The lowest BCUT2D eigenvalue weighted by atomic mass is 10.2. The van der Waals surface area contributed by atoms with E-state index in [1.54, 1.807) is 0 Å². The van der Waals surface area contributed by atoms with Crippen molar-refractivity contribution in [2.45, 2.75) is 33.4 Å². The normalized spacial score (nSPS) is 11.6. The Hall–Kier alpha value is -4.01. The van der Waals surface area contributed by atoms with Crippen molar-refractivity contribution in [2.75, 3.05) is 24.3 Å². The van der Waals surface area contributed by atoms with Crippen molar-refractivity contribution >= 4 is 28.2 Å². The molecule has 0 spiro atoms. The number of nitrogens with one attached hydrogen (secondary N) is 1. The van der Waals surface area contributed by atoms with Gasteiger partial charge >= 0.3 is 0 Å². The van der Waals surface area contributed by atoms with Gasteiger partial charge in [-0.15, -0.1) is 10.2 Å². The number of aromatic nitrogens is 7. The van der Waals surface area contributed by atoms with E-state index in [1.807, 2.05) is 56.0 Å². The summed E-state index contributed by atoms with van der Waals surface area (Å²) in [5, 5.41) is 12.0. The highest BCUT2D eigenvalue weighted by atomic mass is 15.3. The quantitative estimate of drug-likeness (QED) is 0.429. The van der Waals surface area contributed by atoms with E-state index in [0.29, 0.717) is 18.0 Å². The lowest BCUT2D eigenvalue weighted by molar-refractivity contribution is 0.800. The molecule has 0 aliphatic carbocycles. The molecule has 0 aliphatic heterocycles. The molecule has 0 bridgehead atoms. The Labute approximate surface area is 192 Å². The van der Waals surface area contributed by atoms with Crippen molar-refractivity contribution in [3.8, 4) is 11.5 Å². The summed E-state index contributed by atoms with van der Waals surface area (Å²) in [4.78, 5) is 16.6. The van der Waals surface area contributed by atoms with Gasteiger partial charge in [-0.2, -0.15) is 0 Å². The summed E-state index contributed by atoms with van der Waals surface area (Å²) in [6.07, 6.45) is 3.77. The molecular formula is C24H27N9. The number of rotatable bonds is 6. The molecule has 0 amide bonds. The first-order chi connectivity index (χ1) is 15.9. The fraction of sp³-hybridized carbons (Fsp3) is 0.292. The summed E-state index contributed by atoms with van der Waals surface area (Å²) < 4.78 is 4.14. The van der Waals surface area contributed by atoms with Gasteiger partial charge < -0.3 is 14.8 Å². The first-order valence-corrected chi connectivity index (χ1v) is 11.0. The number of imidazole rings is 1. The monoisotopic (exact) mass is 441 g/mol. The van der Waals surface area contributed by atoms with E-state index in [2.05, 4.69) is 62.0 Å². The van der Waals surface area contributed by atoms with E-state index < -0.39 is 0 Å². The van der Waals surface area contributed by atoms with Gasteiger partial charge in [0.1, 0.15) is 11.5 Å². The van der Waals surface area contributed by atoms with Gasteiger partial charge in [-0.1, -0.05) is 6.07 Å². The van der Waals surface area contributed by atoms with Crippen LogP contribution in [0, 0.1) is 6.92 Å². The van der Waals surface area contributed by atoms with Crippen LogP contribution in [0.5, 0.6) is 0 Å². The molecule has 9 nitrogen and oxygen atoms in total. The maximum atomic E-state index is 4.99. The Morgan fingerprint density at radius 1 is 1.06 bits per heavy atom. The maximum Gasteiger partial charge on any atom is 0.203 e. The maximum absolute atomic E-state index is 4.99. The molecule has 0 fully saturated rings. The number of fused-ring (bicyclic) bond motifs is 2. The number of nitrogens with zero attached hydrogens (tertiary/aromatic N) is 8. The van der Waals surface area contributed by atoms with Gasteiger partial charge in [0.25, 0.3) is 0 Å². The smallest absolute Gasteiger partial charge is 0.203 e. The van der Waals surface area contributed by atoms with E-state index in [4.69, 9.17) is 9.97 Å². The molecule has 168 valence electrons. The second-order valence-electron chi connectivity index (χ2n) is 8.62. The van der Waals surface area contributed by atoms with Crippen molar-refractivity contribution in [1.29, 1.82) is 0 Å². The Bertz CT molecular complexity index is 1430. The zero-order valence-electron chi connectivity index (χ0n) is 19.5. The van der Waals surface area contributed by atoms with Crippen molar-refractivity contribution in [3.63, 3.8) is 0 Å². The van der Waals surface area contributed by atoms with Crippen LogP contribution in [0.1, 0.15) is 25.4 Å². The summed E-state index contributed by atoms with van der Waals surface area (Å²) in [6, 6.07) is 12.4. The fourth-order valence-corrected chi connectivity index (χ4v) is 3.88. The first kappa shape index (κ1) is 20.9. The van der Waals surface area contributed by atoms with Gasteiger partial charge in [0.15, 0.2) is 11.6 Å². The van der Waals surface area contributed by atoms with E-state index in [1.165, 1.54) is 0 Å². The Balaban J connectivity index is 1.76. The molecule has 0 unspecified atom stereocenters. The Kier molecular flexibility index (Phi) is 5.16. The minimum atomic E-state index is 0.198. The molecular weight excluding hydrogens is 414 g/mol. The zero-order chi connectivity index (χ0) is 23.1. The largest absolute Gasteiger partial charge is 0.378 e. The van der Waals surface area contributed by atoms with E-state index in [0.717, 1.165) is 39.8 Å². The van der Waals surface area contributed by atoms with Crippen LogP contribution in [-0.4, -0.2) is 54.3 Å². The highest BCUT2D eigenvalue weighted by Gasteiger charge is 2.19. The van der Waals surface area contributed by atoms with Crippen molar-refractivity contribution < 1.29 is 0 Å². The third-order valence-electron chi connectivity index (χ3n) is 5.51. The molecule has 0 atom stereocenters. The molecule has 1 aromatic carbocycles. The number of anilines is 2. The summed E-state index contributed by atoms with van der Waals surface area (Å²) in [5.74, 6) is 2.25. The van der Waals surface area contributed by atoms with Crippen LogP contribution < -0.4 is 10.2 Å². The lowest BCUT2D eigenvalue weighted by Gasteiger charge is -2.14. The summed E-state index contributed by atoms with van der Waals surface area (Å²) in [7, 11) is 4.07. The number of benzene rings is 1. The van der Waals surface area contributed by atoms with Crippen LogP contribution >= 0.6 is 0 Å². The van der Waals surface area contributed by atoms with Gasteiger partial charge in [-0.25, -0.2) is 9.97 Å². The number of hydrogen-bond acceptors (Lipinski definition) is 7. The topological polar surface area (TPSA) is 89.1 Å². The van der Waals surface area contributed by atoms with E-state index in [-0.39, 0.29) is 6.04 Å². The average Bonchev–Trinajstić information content (AvgIpc) is 3.34. The molecule has 0 saturated heterocycles. The molecule has 5 aromatic rings. The molecule has 0 radical (unpaired) electrons. The van der Waals surface area contributed by atoms with Gasteiger partial charge in [0.2, 0.25) is 5.65 Å². The first-order valence-electron chi connectivity index (χ1n) is 11.0. The summed E-state index contributed by atoms with van der Waals surface area (Å²) in [5.41, 5.74) is 5.45. The molecule has 9 heteroatoms. The highest BCUT2D eigenvalue weighted by molar-refractivity contribution is 5.84. The van der Waals surface area contributed by atoms with Gasteiger partial charge in [-0.05, 0) is 51.1 Å². The van der Waals surface area contributed by atoms with Crippen LogP contribution in [0.3, 0.4) is 0 Å². The van der Waals surface area contributed by atoms with E-state index in [9.17, 15) is 0 Å². The predicted octanol–water partition coefficient (Wildman–Crippen LogP) is 3.78. The average molecular weight is 442 g/mol. The standard InChI is InChI=1S/C24H27N9/c1-15(2)26-22-24-30-29-16(3)32(24)14-20(27-22)23-28-19-10-9-18(31(4)5)12-21(19)33(23)13-17-8-6-7-11-25-17/h6-12,14-15H,13H2,1-5H3,(H,26,27). The third-order valence-corrected chi connectivity index (χ3v) is 5.51. The fourth-order valence-electron chi connectivity index (χ4n) is 3.88. The third kappa shape index (κ3) is 3.86. The minimum Gasteiger partial charge on any atom is -0.378 e. The van der Waals surface area contributed by atoms with Crippen LogP contribution in [0.2, 0.25) is 0 Å².